The summed E-state index contributed by atoms with van der Waals surface area (Å²) in [5.41, 5.74) is 1.91. The van der Waals surface area contributed by atoms with Gasteiger partial charge in [-0.3, -0.25) is 4.79 Å². The minimum atomic E-state index is -0.295. The minimum Gasteiger partial charge on any atom is -0.347 e. The van der Waals surface area contributed by atoms with Gasteiger partial charge in [-0.25, -0.2) is 14.4 Å². The van der Waals surface area contributed by atoms with E-state index in [9.17, 15) is 9.18 Å². The fourth-order valence-corrected chi connectivity index (χ4v) is 2.05. The second kappa shape index (κ2) is 6.47. The van der Waals surface area contributed by atoms with Crippen LogP contribution in [0.4, 0.5) is 4.39 Å². The Labute approximate surface area is 120 Å². The molecule has 0 saturated carbocycles. The number of hydrogen-bond donors (Lipinski definition) is 1. The van der Waals surface area contributed by atoms with Crippen molar-refractivity contribution < 1.29 is 9.18 Å². The molecule has 1 amide bonds. The Morgan fingerprint density at radius 2 is 2.00 bits per heavy atom. The van der Waals surface area contributed by atoms with Gasteiger partial charge >= 0.3 is 0 Å². The quantitative estimate of drug-likeness (QED) is 0.695. The summed E-state index contributed by atoms with van der Waals surface area (Å²) in [6, 6.07) is 7.63. The Hall–Kier alpha value is -1.95. The average molecular weight is 291 g/mol. The summed E-state index contributed by atoms with van der Waals surface area (Å²) in [5, 5.41) is 3.32. The summed E-state index contributed by atoms with van der Waals surface area (Å²) in [5.74, 6) is -0.564. The van der Waals surface area contributed by atoms with Crippen molar-refractivity contribution >= 4 is 17.7 Å². The number of hydrogen-bond acceptors (Lipinski definition) is 4. The van der Waals surface area contributed by atoms with Gasteiger partial charge in [-0.2, -0.15) is 0 Å². The summed E-state index contributed by atoms with van der Waals surface area (Å²) in [4.78, 5) is 20.4. The van der Waals surface area contributed by atoms with Gasteiger partial charge in [-0.15, -0.1) is 0 Å². The fraction of sp³-hybridized carbons (Fsp3) is 0.214. The van der Waals surface area contributed by atoms with E-state index < -0.39 is 0 Å². The first-order valence-electron chi connectivity index (χ1n) is 6.01. The SMILES string of the molecule is CSc1nc(C)cc(C(=O)NCc2ccc(F)cc2)n1. The van der Waals surface area contributed by atoms with Gasteiger partial charge in [0.05, 0.1) is 0 Å². The molecule has 104 valence electrons. The van der Waals surface area contributed by atoms with Gasteiger partial charge < -0.3 is 5.32 Å². The number of carbonyl (C=O) groups is 1. The van der Waals surface area contributed by atoms with E-state index in [1.807, 2.05) is 13.2 Å². The van der Waals surface area contributed by atoms with Crippen LogP contribution in [0.15, 0.2) is 35.5 Å². The van der Waals surface area contributed by atoms with Crippen molar-refractivity contribution in [3.05, 3.63) is 53.1 Å². The largest absolute Gasteiger partial charge is 0.347 e. The van der Waals surface area contributed by atoms with Crippen LogP contribution < -0.4 is 5.32 Å². The van der Waals surface area contributed by atoms with Crippen LogP contribution in [0.2, 0.25) is 0 Å². The van der Waals surface area contributed by atoms with E-state index in [2.05, 4.69) is 15.3 Å². The highest BCUT2D eigenvalue weighted by molar-refractivity contribution is 7.98. The molecule has 0 fully saturated rings. The zero-order valence-corrected chi connectivity index (χ0v) is 12.0. The lowest BCUT2D eigenvalue weighted by molar-refractivity contribution is 0.0945. The third-order valence-electron chi connectivity index (χ3n) is 2.62. The standard InChI is InChI=1S/C14H14FN3OS/c1-9-7-12(18-14(17-9)20-2)13(19)16-8-10-3-5-11(15)6-4-10/h3-7H,8H2,1-2H3,(H,16,19). The Morgan fingerprint density at radius 3 is 2.65 bits per heavy atom. The number of nitrogens with zero attached hydrogens (tertiary/aromatic N) is 2. The van der Waals surface area contributed by atoms with E-state index in [-0.39, 0.29) is 11.7 Å². The first kappa shape index (κ1) is 14.5. The number of aryl methyl sites for hydroxylation is 1. The molecule has 0 radical (unpaired) electrons. The third kappa shape index (κ3) is 3.77. The number of halogens is 1. The van der Waals surface area contributed by atoms with E-state index in [1.54, 1.807) is 18.2 Å². The number of carbonyl (C=O) groups excluding carboxylic acids is 1. The molecule has 6 heteroatoms. The van der Waals surface area contributed by atoms with Gasteiger partial charge in [0.2, 0.25) is 0 Å². The summed E-state index contributed by atoms with van der Waals surface area (Å²) < 4.78 is 12.8. The predicted octanol–water partition coefficient (Wildman–Crippen LogP) is 2.58. The maximum atomic E-state index is 12.8. The van der Waals surface area contributed by atoms with Crippen LogP contribution in [-0.2, 0) is 6.54 Å². The molecule has 0 spiro atoms. The minimum absolute atomic E-state index is 0.268. The number of amides is 1. The monoisotopic (exact) mass is 291 g/mol. The lowest BCUT2D eigenvalue weighted by Crippen LogP contribution is -2.24. The summed E-state index contributed by atoms with van der Waals surface area (Å²) >= 11 is 1.39. The lowest BCUT2D eigenvalue weighted by atomic mass is 10.2. The van der Waals surface area contributed by atoms with Gasteiger partial charge in [0.15, 0.2) is 5.16 Å². The molecule has 0 saturated heterocycles. The molecule has 0 aliphatic heterocycles. The van der Waals surface area contributed by atoms with Gasteiger partial charge in [0.25, 0.3) is 5.91 Å². The molecule has 0 aliphatic carbocycles. The fourth-order valence-electron chi connectivity index (χ4n) is 1.62. The van der Waals surface area contributed by atoms with Gasteiger partial charge in [0, 0.05) is 12.2 Å². The van der Waals surface area contributed by atoms with E-state index >= 15 is 0 Å². The number of rotatable bonds is 4. The molecule has 1 aromatic carbocycles. The number of aromatic nitrogens is 2. The predicted molar refractivity (Wildman–Crippen MR) is 76.1 cm³/mol. The second-order valence-electron chi connectivity index (χ2n) is 4.19. The highest BCUT2D eigenvalue weighted by Crippen LogP contribution is 2.10. The molecule has 0 bridgehead atoms. The average Bonchev–Trinajstić information content (AvgIpc) is 2.45. The first-order valence-corrected chi connectivity index (χ1v) is 7.23. The number of thioether (sulfide) groups is 1. The molecular formula is C14H14FN3OS. The zero-order chi connectivity index (χ0) is 14.5. The van der Waals surface area contributed by atoms with Gasteiger partial charge in [0.1, 0.15) is 11.5 Å². The molecule has 20 heavy (non-hydrogen) atoms. The van der Waals surface area contributed by atoms with Crippen LogP contribution in [0.1, 0.15) is 21.7 Å². The van der Waals surface area contributed by atoms with Crippen molar-refractivity contribution in [2.45, 2.75) is 18.6 Å². The molecule has 2 aromatic rings. The lowest BCUT2D eigenvalue weighted by Gasteiger charge is -2.06. The van der Waals surface area contributed by atoms with E-state index in [4.69, 9.17) is 0 Å². The van der Waals surface area contributed by atoms with Crippen LogP contribution in [0.25, 0.3) is 0 Å². The molecule has 0 atom stereocenters. The Bertz CT molecular complexity index is 616. The highest BCUT2D eigenvalue weighted by atomic mass is 32.2. The molecule has 2 rings (SSSR count). The molecule has 1 heterocycles. The second-order valence-corrected chi connectivity index (χ2v) is 4.96. The van der Waals surface area contributed by atoms with Crippen molar-refractivity contribution in [2.24, 2.45) is 0 Å². The van der Waals surface area contributed by atoms with E-state index in [1.165, 1.54) is 23.9 Å². The van der Waals surface area contributed by atoms with Crippen LogP contribution in [0, 0.1) is 12.7 Å². The summed E-state index contributed by atoms with van der Waals surface area (Å²) in [6.07, 6.45) is 1.86. The van der Waals surface area contributed by atoms with Crippen LogP contribution in [-0.4, -0.2) is 22.1 Å². The summed E-state index contributed by atoms with van der Waals surface area (Å²) in [6.45, 7) is 2.15. The van der Waals surface area contributed by atoms with Crippen molar-refractivity contribution in [1.82, 2.24) is 15.3 Å². The van der Waals surface area contributed by atoms with Crippen molar-refractivity contribution in [2.75, 3.05) is 6.26 Å². The van der Waals surface area contributed by atoms with Crippen molar-refractivity contribution in [3.8, 4) is 0 Å². The van der Waals surface area contributed by atoms with E-state index in [0.717, 1.165) is 11.3 Å². The topological polar surface area (TPSA) is 54.9 Å². The summed E-state index contributed by atoms with van der Waals surface area (Å²) in [7, 11) is 0. The van der Waals surface area contributed by atoms with Crippen LogP contribution in [0.5, 0.6) is 0 Å². The van der Waals surface area contributed by atoms with Crippen LogP contribution in [0.3, 0.4) is 0 Å². The van der Waals surface area contributed by atoms with Gasteiger partial charge in [-0.05, 0) is 36.9 Å². The highest BCUT2D eigenvalue weighted by Gasteiger charge is 2.10. The van der Waals surface area contributed by atoms with E-state index in [0.29, 0.717) is 17.4 Å². The van der Waals surface area contributed by atoms with Gasteiger partial charge in [-0.1, -0.05) is 23.9 Å². The molecule has 1 aromatic heterocycles. The zero-order valence-electron chi connectivity index (χ0n) is 11.2. The maximum absolute atomic E-state index is 12.8. The third-order valence-corrected chi connectivity index (χ3v) is 3.16. The van der Waals surface area contributed by atoms with Crippen molar-refractivity contribution in [1.29, 1.82) is 0 Å². The van der Waals surface area contributed by atoms with Crippen LogP contribution >= 0.6 is 11.8 Å². The first-order chi connectivity index (χ1) is 9.58. The Kier molecular flexibility index (Phi) is 4.68. The maximum Gasteiger partial charge on any atom is 0.270 e. The van der Waals surface area contributed by atoms with Crippen molar-refractivity contribution in [3.63, 3.8) is 0 Å². The smallest absolute Gasteiger partial charge is 0.270 e. The molecule has 0 aliphatic rings. The number of nitrogens with one attached hydrogen (secondary N) is 1. The Morgan fingerprint density at radius 1 is 1.30 bits per heavy atom. The number of benzene rings is 1. The molecular weight excluding hydrogens is 277 g/mol. The molecule has 0 unspecified atom stereocenters. The molecule has 4 nitrogen and oxygen atoms in total. The normalized spacial score (nSPS) is 10.3. The molecule has 1 N–H and O–H groups in total. The Balaban J connectivity index is 2.04.